The number of carbonyl (C=O) groups excluding carboxylic acids is 1. The van der Waals surface area contributed by atoms with E-state index in [0.29, 0.717) is 0 Å². The van der Waals surface area contributed by atoms with E-state index in [1.54, 1.807) is 0 Å². The van der Waals surface area contributed by atoms with Gasteiger partial charge in [-0.3, -0.25) is 4.18 Å². The number of hydrogen-bond acceptors (Lipinski definition) is 6. The summed E-state index contributed by atoms with van der Waals surface area (Å²) in [6.45, 7) is -1.95. The minimum Gasteiger partial charge on any atom is -0.465 e. The van der Waals surface area contributed by atoms with Gasteiger partial charge in [0.15, 0.2) is 6.61 Å². The SMILES string of the molecule is COC(=O)c1sccc1S(=O)(=O)OCC(F)(F)F. The van der Waals surface area contributed by atoms with Gasteiger partial charge in [0, 0.05) is 0 Å². The van der Waals surface area contributed by atoms with Gasteiger partial charge in [-0.1, -0.05) is 0 Å². The first-order valence-electron chi connectivity index (χ1n) is 4.29. The van der Waals surface area contributed by atoms with Crippen LogP contribution in [0.1, 0.15) is 9.67 Å². The predicted octanol–water partition coefficient (Wildman–Crippen LogP) is 1.80. The molecular formula is C8H7F3O5S2. The second-order valence-electron chi connectivity index (χ2n) is 2.94. The number of carbonyl (C=O) groups is 1. The third-order valence-corrected chi connectivity index (χ3v) is 3.98. The van der Waals surface area contributed by atoms with E-state index < -0.39 is 33.8 Å². The average molecular weight is 304 g/mol. The van der Waals surface area contributed by atoms with Crippen molar-refractivity contribution >= 4 is 27.4 Å². The molecule has 0 fully saturated rings. The molecule has 1 aromatic heterocycles. The molecule has 0 bridgehead atoms. The third kappa shape index (κ3) is 3.68. The first-order valence-corrected chi connectivity index (χ1v) is 6.58. The van der Waals surface area contributed by atoms with E-state index in [2.05, 4.69) is 8.92 Å². The van der Waals surface area contributed by atoms with Crippen LogP contribution in [0.25, 0.3) is 0 Å². The Labute approximate surface area is 104 Å². The van der Waals surface area contributed by atoms with Gasteiger partial charge < -0.3 is 4.74 Å². The Morgan fingerprint density at radius 3 is 2.56 bits per heavy atom. The van der Waals surface area contributed by atoms with Crippen molar-refractivity contribution in [3.8, 4) is 0 Å². The molecule has 102 valence electrons. The van der Waals surface area contributed by atoms with Crippen molar-refractivity contribution in [2.45, 2.75) is 11.1 Å². The molecule has 0 atom stereocenters. The van der Waals surface area contributed by atoms with Crippen molar-refractivity contribution in [2.24, 2.45) is 0 Å². The normalized spacial score (nSPS) is 12.4. The molecule has 0 saturated carbocycles. The zero-order valence-corrected chi connectivity index (χ0v) is 10.5. The molecule has 1 aromatic rings. The maximum Gasteiger partial charge on any atom is 0.413 e. The van der Waals surface area contributed by atoms with E-state index in [4.69, 9.17) is 0 Å². The minimum absolute atomic E-state index is 0.334. The van der Waals surface area contributed by atoms with Crippen LogP contribution in [0.15, 0.2) is 16.3 Å². The number of hydrogen-bond donors (Lipinski definition) is 0. The van der Waals surface area contributed by atoms with E-state index >= 15 is 0 Å². The van der Waals surface area contributed by atoms with Crippen LogP contribution in [-0.4, -0.2) is 34.3 Å². The number of halogens is 3. The first-order chi connectivity index (χ1) is 8.17. The molecule has 0 N–H and O–H groups in total. The van der Waals surface area contributed by atoms with Crippen molar-refractivity contribution in [3.05, 3.63) is 16.3 Å². The molecule has 0 aliphatic rings. The van der Waals surface area contributed by atoms with Crippen LogP contribution in [0, 0.1) is 0 Å². The molecule has 0 amide bonds. The molecule has 0 unspecified atom stereocenters. The van der Waals surface area contributed by atoms with Crippen molar-refractivity contribution < 1.29 is 35.3 Å². The Bertz CT molecular complexity index is 531. The van der Waals surface area contributed by atoms with Crippen LogP contribution in [0.5, 0.6) is 0 Å². The number of rotatable bonds is 4. The summed E-state index contributed by atoms with van der Waals surface area (Å²) in [7, 11) is -3.62. The molecule has 18 heavy (non-hydrogen) atoms. The van der Waals surface area contributed by atoms with Gasteiger partial charge in [0.1, 0.15) is 9.77 Å². The fourth-order valence-corrected chi connectivity index (χ4v) is 3.15. The van der Waals surface area contributed by atoms with E-state index in [1.165, 1.54) is 5.38 Å². The summed E-state index contributed by atoms with van der Waals surface area (Å²) in [4.78, 5) is 10.2. The van der Waals surface area contributed by atoms with Gasteiger partial charge in [-0.25, -0.2) is 4.79 Å². The van der Waals surface area contributed by atoms with E-state index in [-0.39, 0.29) is 4.88 Å². The molecule has 0 radical (unpaired) electrons. The highest BCUT2D eigenvalue weighted by Gasteiger charge is 2.33. The highest BCUT2D eigenvalue weighted by Crippen LogP contribution is 2.26. The zero-order valence-electron chi connectivity index (χ0n) is 8.85. The van der Waals surface area contributed by atoms with Gasteiger partial charge in [0.05, 0.1) is 7.11 Å². The largest absolute Gasteiger partial charge is 0.465 e. The third-order valence-electron chi connectivity index (χ3n) is 1.65. The Balaban J connectivity index is 2.99. The number of alkyl halides is 3. The Kier molecular flexibility index (Phi) is 4.35. The number of methoxy groups -OCH3 is 1. The smallest absolute Gasteiger partial charge is 0.413 e. The van der Waals surface area contributed by atoms with Gasteiger partial charge in [-0.05, 0) is 11.4 Å². The standard InChI is InChI=1S/C8H7F3O5S2/c1-15-7(12)6-5(2-3-17-6)18(13,14)16-4-8(9,10)11/h2-3H,4H2,1H3. The molecule has 5 nitrogen and oxygen atoms in total. The number of ether oxygens (including phenoxy) is 1. The van der Waals surface area contributed by atoms with E-state index in [0.717, 1.165) is 24.5 Å². The molecule has 0 saturated heterocycles. The lowest BCUT2D eigenvalue weighted by Gasteiger charge is -2.08. The lowest BCUT2D eigenvalue weighted by atomic mass is 10.5. The highest BCUT2D eigenvalue weighted by molar-refractivity contribution is 7.87. The zero-order chi connectivity index (χ0) is 14.0. The molecule has 1 rings (SSSR count). The topological polar surface area (TPSA) is 69.7 Å². The lowest BCUT2D eigenvalue weighted by molar-refractivity contribution is -0.152. The Hall–Kier alpha value is -1.13. The number of thiophene rings is 1. The fourth-order valence-electron chi connectivity index (χ4n) is 0.944. The van der Waals surface area contributed by atoms with Crippen LogP contribution < -0.4 is 0 Å². The van der Waals surface area contributed by atoms with Gasteiger partial charge in [-0.15, -0.1) is 11.3 Å². The summed E-state index contributed by atoms with van der Waals surface area (Å²) in [6.07, 6.45) is -4.78. The molecule has 0 aliphatic heterocycles. The minimum atomic E-state index is -4.78. The van der Waals surface area contributed by atoms with Crippen LogP contribution in [0.3, 0.4) is 0 Å². The monoisotopic (exact) mass is 304 g/mol. The van der Waals surface area contributed by atoms with Gasteiger partial charge in [0.2, 0.25) is 0 Å². The second-order valence-corrected chi connectivity index (χ2v) is 5.44. The maximum absolute atomic E-state index is 11.9. The van der Waals surface area contributed by atoms with Crippen molar-refractivity contribution in [2.75, 3.05) is 13.7 Å². The Morgan fingerprint density at radius 2 is 2.06 bits per heavy atom. The highest BCUT2D eigenvalue weighted by atomic mass is 32.2. The van der Waals surface area contributed by atoms with E-state index in [9.17, 15) is 26.4 Å². The molecular weight excluding hydrogens is 297 g/mol. The summed E-state index contributed by atoms with van der Waals surface area (Å²) >= 11 is 0.727. The molecule has 1 heterocycles. The summed E-state index contributed by atoms with van der Waals surface area (Å²) in [6, 6.07) is 0.975. The predicted molar refractivity (Wildman–Crippen MR) is 54.9 cm³/mol. The average Bonchev–Trinajstić information content (AvgIpc) is 2.74. The summed E-state index contributed by atoms with van der Waals surface area (Å²) in [5.41, 5.74) is 0. The van der Waals surface area contributed by atoms with Crippen LogP contribution in [0.4, 0.5) is 13.2 Å². The first kappa shape index (κ1) is 14.9. The van der Waals surface area contributed by atoms with Crippen LogP contribution >= 0.6 is 11.3 Å². The fraction of sp³-hybridized carbons (Fsp3) is 0.375. The van der Waals surface area contributed by atoms with Gasteiger partial charge >= 0.3 is 12.1 Å². The number of esters is 1. The van der Waals surface area contributed by atoms with Crippen LogP contribution in [0.2, 0.25) is 0 Å². The van der Waals surface area contributed by atoms with Gasteiger partial charge in [0.25, 0.3) is 10.1 Å². The summed E-state index contributed by atoms with van der Waals surface area (Å²) in [5.74, 6) is -0.959. The van der Waals surface area contributed by atoms with Gasteiger partial charge in [-0.2, -0.15) is 21.6 Å². The van der Waals surface area contributed by atoms with Crippen molar-refractivity contribution in [1.82, 2.24) is 0 Å². The molecule has 10 heteroatoms. The lowest BCUT2D eigenvalue weighted by Crippen LogP contribution is -2.21. The quantitative estimate of drug-likeness (QED) is 0.626. The summed E-state index contributed by atoms with van der Waals surface area (Å²) in [5, 5.41) is 1.23. The summed E-state index contributed by atoms with van der Waals surface area (Å²) < 4.78 is 66.7. The maximum atomic E-state index is 11.9. The van der Waals surface area contributed by atoms with Crippen LogP contribution in [-0.2, 0) is 19.0 Å². The Morgan fingerprint density at radius 1 is 1.44 bits per heavy atom. The molecule has 0 aromatic carbocycles. The van der Waals surface area contributed by atoms with Crippen molar-refractivity contribution in [3.63, 3.8) is 0 Å². The van der Waals surface area contributed by atoms with Crippen molar-refractivity contribution in [1.29, 1.82) is 0 Å². The molecule has 0 aliphatic carbocycles. The molecule has 0 spiro atoms. The van der Waals surface area contributed by atoms with E-state index in [1.807, 2.05) is 0 Å². The second kappa shape index (κ2) is 5.24.